The molecule has 0 bridgehead atoms. The van der Waals surface area contributed by atoms with Crippen LogP contribution in [0.5, 0.6) is 5.88 Å². The van der Waals surface area contributed by atoms with Crippen LogP contribution in [-0.2, 0) is 17.7 Å². The van der Waals surface area contributed by atoms with Crippen LogP contribution in [0.25, 0.3) is 16.6 Å². The number of aryl methyl sites for hydroxylation is 1. The molecule has 204 valence electrons. The van der Waals surface area contributed by atoms with E-state index >= 15 is 0 Å². The van der Waals surface area contributed by atoms with Gasteiger partial charge < -0.3 is 19.4 Å². The molecule has 0 radical (unpaired) electrons. The minimum absolute atomic E-state index is 0.297. The summed E-state index contributed by atoms with van der Waals surface area (Å²) in [5.74, 6) is 1.52. The van der Waals surface area contributed by atoms with Gasteiger partial charge in [-0.05, 0) is 78.2 Å². The SMILES string of the molecule is CC/C=C/C=C\C(=C(/C)OCC)c1cc(NCc2cccnc2OCC)c2c(n1)c(C)c(CC)n2C(C)C. The molecule has 0 saturated carbocycles. The van der Waals surface area contributed by atoms with Crippen molar-refractivity contribution in [3.63, 3.8) is 0 Å². The van der Waals surface area contributed by atoms with Crippen molar-refractivity contribution in [3.05, 3.63) is 77.0 Å². The van der Waals surface area contributed by atoms with Gasteiger partial charge in [-0.1, -0.05) is 38.1 Å². The number of hydrogen-bond acceptors (Lipinski definition) is 5. The number of allylic oxidation sites excluding steroid dienone is 6. The molecule has 0 saturated heterocycles. The zero-order chi connectivity index (χ0) is 27.7. The maximum Gasteiger partial charge on any atom is 0.218 e. The first kappa shape index (κ1) is 29.0. The van der Waals surface area contributed by atoms with Gasteiger partial charge in [0.25, 0.3) is 0 Å². The third-order valence-corrected chi connectivity index (χ3v) is 6.53. The van der Waals surface area contributed by atoms with E-state index in [4.69, 9.17) is 14.5 Å². The van der Waals surface area contributed by atoms with E-state index < -0.39 is 0 Å². The third kappa shape index (κ3) is 6.47. The van der Waals surface area contributed by atoms with Crippen LogP contribution in [-0.4, -0.2) is 27.7 Å². The molecule has 0 aliphatic rings. The van der Waals surface area contributed by atoms with Gasteiger partial charge in [0.05, 0.1) is 35.6 Å². The van der Waals surface area contributed by atoms with Gasteiger partial charge in [0, 0.05) is 35.6 Å². The molecule has 3 aromatic heterocycles. The Morgan fingerprint density at radius 1 is 1.13 bits per heavy atom. The molecular weight excluding hydrogens is 472 g/mol. The smallest absolute Gasteiger partial charge is 0.218 e. The van der Waals surface area contributed by atoms with Gasteiger partial charge in [0.2, 0.25) is 5.88 Å². The minimum atomic E-state index is 0.297. The van der Waals surface area contributed by atoms with Crippen molar-refractivity contribution in [1.82, 2.24) is 14.5 Å². The molecule has 0 aliphatic carbocycles. The molecule has 0 aromatic carbocycles. The van der Waals surface area contributed by atoms with Crippen molar-refractivity contribution in [3.8, 4) is 5.88 Å². The van der Waals surface area contributed by atoms with E-state index in [1.807, 2.05) is 26.8 Å². The molecular formula is C32H44N4O2. The van der Waals surface area contributed by atoms with Crippen LogP contribution in [0.2, 0.25) is 0 Å². The largest absolute Gasteiger partial charge is 0.498 e. The van der Waals surface area contributed by atoms with E-state index in [9.17, 15) is 0 Å². The van der Waals surface area contributed by atoms with Gasteiger partial charge in [-0.25, -0.2) is 9.97 Å². The number of nitrogens with one attached hydrogen (secondary N) is 1. The Morgan fingerprint density at radius 3 is 2.58 bits per heavy atom. The van der Waals surface area contributed by atoms with E-state index in [1.54, 1.807) is 6.20 Å². The van der Waals surface area contributed by atoms with Crippen LogP contribution >= 0.6 is 0 Å². The topological polar surface area (TPSA) is 61.2 Å². The van der Waals surface area contributed by atoms with Crippen LogP contribution in [0.1, 0.15) is 83.4 Å². The van der Waals surface area contributed by atoms with Gasteiger partial charge in [-0.15, -0.1) is 0 Å². The lowest BCUT2D eigenvalue weighted by atomic mass is 10.1. The molecule has 0 spiro atoms. The Morgan fingerprint density at radius 2 is 1.92 bits per heavy atom. The highest BCUT2D eigenvalue weighted by atomic mass is 16.5. The Balaban J connectivity index is 2.25. The molecule has 3 rings (SSSR count). The second-order valence-corrected chi connectivity index (χ2v) is 9.49. The molecule has 38 heavy (non-hydrogen) atoms. The number of hydrogen-bond donors (Lipinski definition) is 1. The first-order valence-corrected chi connectivity index (χ1v) is 13.9. The Bertz CT molecular complexity index is 1310. The van der Waals surface area contributed by atoms with E-state index in [0.717, 1.165) is 52.2 Å². The summed E-state index contributed by atoms with van der Waals surface area (Å²) in [6, 6.07) is 6.46. The van der Waals surface area contributed by atoms with Gasteiger partial charge in [-0.2, -0.15) is 0 Å². The molecule has 6 nitrogen and oxygen atoms in total. The van der Waals surface area contributed by atoms with Crippen molar-refractivity contribution >= 4 is 22.3 Å². The average molecular weight is 517 g/mol. The highest BCUT2D eigenvalue weighted by molar-refractivity contribution is 5.95. The minimum Gasteiger partial charge on any atom is -0.498 e. The summed E-state index contributed by atoms with van der Waals surface area (Å²) >= 11 is 0. The highest BCUT2D eigenvalue weighted by Crippen LogP contribution is 2.36. The van der Waals surface area contributed by atoms with E-state index in [0.29, 0.717) is 31.7 Å². The summed E-state index contributed by atoms with van der Waals surface area (Å²) in [6.45, 7) is 18.8. The number of ether oxygens (including phenoxy) is 2. The third-order valence-electron chi connectivity index (χ3n) is 6.53. The maximum absolute atomic E-state index is 5.97. The van der Waals surface area contributed by atoms with Crippen LogP contribution in [0.4, 0.5) is 5.69 Å². The summed E-state index contributed by atoms with van der Waals surface area (Å²) < 4.78 is 14.2. The summed E-state index contributed by atoms with van der Waals surface area (Å²) in [5.41, 5.74) is 8.59. The van der Waals surface area contributed by atoms with Crippen molar-refractivity contribution in [2.75, 3.05) is 18.5 Å². The first-order valence-electron chi connectivity index (χ1n) is 13.9. The summed E-state index contributed by atoms with van der Waals surface area (Å²) in [5, 5.41) is 3.72. The van der Waals surface area contributed by atoms with Gasteiger partial charge in [0.1, 0.15) is 5.76 Å². The molecule has 3 heterocycles. The molecule has 0 atom stereocenters. The van der Waals surface area contributed by atoms with Crippen molar-refractivity contribution in [2.45, 2.75) is 80.8 Å². The molecule has 6 heteroatoms. The molecule has 0 aliphatic heterocycles. The number of anilines is 1. The van der Waals surface area contributed by atoms with E-state index in [1.165, 1.54) is 11.3 Å². The maximum atomic E-state index is 5.97. The number of rotatable bonds is 13. The standard InChI is InChI=1S/C32H44N4O2/c1-9-13-14-15-18-26(24(8)37-11-3)27-20-28(34-21-25-17-16-19-33-32(25)38-12-4)31-30(35-27)23(7)29(10-2)36(31)22(5)6/h13-20,22H,9-12,21H2,1-8H3,(H,34,35)/b14-13+,18-15-,26-24-. The molecule has 0 fully saturated rings. The molecule has 1 N–H and O–H groups in total. The summed E-state index contributed by atoms with van der Waals surface area (Å²) in [6.07, 6.45) is 12.1. The van der Waals surface area contributed by atoms with Crippen LogP contribution in [0.3, 0.4) is 0 Å². The van der Waals surface area contributed by atoms with Crippen LogP contribution in [0.15, 0.2) is 54.5 Å². The lowest BCUT2D eigenvalue weighted by Crippen LogP contribution is -2.09. The van der Waals surface area contributed by atoms with Gasteiger partial charge >= 0.3 is 0 Å². The van der Waals surface area contributed by atoms with E-state index in [-0.39, 0.29) is 0 Å². The second-order valence-electron chi connectivity index (χ2n) is 9.49. The van der Waals surface area contributed by atoms with Gasteiger partial charge in [-0.3, -0.25) is 0 Å². The predicted octanol–water partition coefficient (Wildman–Crippen LogP) is 8.18. The number of fused-ring (bicyclic) bond motifs is 1. The zero-order valence-electron chi connectivity index (χ0n) is 24.4. The highest BCUT2D eigenvalue weighted by Gasteiger charge is 2.22. The number of pyridine rings is 2. The predicted molar refractivity (Wildman–Crippen MR) is 160 cm³/mol. The van der Waals surface area contributed by atoms with Crippen molar-refractivity contribution in [2.24, 2.45) is 0 Å². The fourth-order valence-electron chi connectivity index (χ4n) is 4.83. The lowest BCUT2D eigenvalue weighted by Gasteiger charge is -2.18. The Kier molecular flexibility index (Phi) is 10.6. The number of nitrogens with zero attached hydrogens (tertiary/aromatic N) is 3. The Hall–Kier alpha value is -3.54. The van der Waals surface area contributed by atoms with Crippen LogP contribution < -0.4 is 10.1 Å². The summed E-state index contributed by atoms with van der Waals surface area (Å²) in [4.78, 5) is 9.68. The van der Waals surface area contributed by atoms with Crippen molar-refractivity contribution < 1.29 is 9.47 Å². The molecule has 0 amide bonds. The normalized spacial score (nSPS) is 12.7. The first-order chi connectivity index (χ1) is 18.4. The summed E-state index contributed by atoms with van der Waals surface area (Å²) in [7, 11) is 0. The lowest BCUT2D eigenvalue weighted by molar-refractivity contribution is 0.233. The monoisotopic (exact) mass is 516 g/mol. The fraction of sp³-hybridized carbons (Fsp3) is 0.438. The van der Waals surface area contributed by atoms with Crippen LogP contribution in [0, 0.1) is 6.92 Å². The number of aromatic nitrogens is 3. The Labute approximate surface area is 228 Å². The average Bonchev–Trinajstić information content (AvgIpc) is 3.20. The quantitative estimate of drug-likeness (QED) is 0.183. The van der Waals surface area contributed by atoms with Gasteiger partial charge in [0.15, 0.2) is 0 Å². The van der Waals surface area contributed by atoms with E-state index in [2.05, 4.69) is 85.9 Å². The fourth-order valence-corrected chi connectivity index (χ4v) is 4.83. The molecule has 0 unspecified atom stereocenters. The zero-order valence-corrected chi connectivity index (χ0v) is 24.4. The molecule has 3 aromatic rings. The van der Waals surface area contributed by atoms with Crippen molar-refractivity contribution in [1.29, 1.82) is 0 Å². The second kappa shape index (κ2) is 13.8.